The zero-order chi connectivity index (χ0) is 10.2. The van der Waals surface area contributed by atoms with Crippen molar-refractivity contribution in [1.29, 1.82) is 0 Å². The predicted octanol–water partition coefficient (Wildman–Crippen LogP) is 2.70. The van der Waals surface area contributed by atoms with E-state index >= 15 is 0 Å². The second kappa shape index (κ2) is 3.37. The van der Waals surface area contributed by atoms with Crippen LogP contribution in [0.5, 0.6) is 0 Å². The molecule has 0 atom stereocenters. The molecular weight excluding hydrogens is 200 g/mol. The van der Waals surface area contributed by atoms with Crippen molar-refractivity contribution >= 4 is 17.4 Å². The van der Waals surface area contributed by atoms with Crippen molar-refractivity contribution in [1.82, 2.24) is 0 Å². The molecule has 0 aliphatic heterocycles. The number of methoxy groups -OCH3 is 1. The van der Waals surface area contributed by atoms with Crippen molar-refractivity contribution in [3.05, 3.63) is 34.9 Å². The average Bonchev–Trinajstić information content (AvgIpc) is 2.99. The molecule has 0 heterocycles. The Bertz CT molecular complexity index is 352. The van der Waals surface area contributed by atoms with Gasteiger partial charge in [0.15, 0.2) is 5.78 Å². The first-order chi connectivity index (χ1) is 6.68. The van der Waals surface area contributed by atoms with Crippen molar-refractivity contribution in [2.24, 2.45) is 0 Å². The summed E-state index contributed by atoms with van der Waals surface area (Å²) in [6.07, 6.45) is 1.65. The molecule has 0 spiro atoms. The average molecular weight is 211 g/mol. The third-order valence-corrected chi connectivity index (χ3v) is 2.87. The van der Waals surface area contributed by atoms with Crippen LogP contribution in [0.3, 0.4) is 0 Å². The number of carbonyl (C=O) groups excluding carboxylic acids is 1. The molecule has 0 N–H and O–H groups in total. The predicted molar refractivity (Wildman–Crippen MR) is 54.8 cm³/mol. The lowest BCUT2D eigenvalue weighted by atomic mass is 10.1. The highest BCUT2D eigenvalue weighted by Gasteiger charge is 2.50. The Kier molecular flexibility index (Phi) is 2.33. The van der Waals surface area contributed by atoms with Crippen molar-refractivity contribution in [2.75, 3.05) is 7.11 Å². The van der Waals surface area contributed by atoms with Gasteiger partial charge in [-0.05, 0) is 37.1 Å². The fraction of sp³-hybridized carbons (Fsp3) is 0.364. The molecular formula is C11H11ClO2. The molecule has 14 heavy (non-hydrogen) atoms. The Morgan fingerprint density at radius 3 is 2.36 bits per heavy atom. The summed E-state index contributed by atoms with van der Waals surface area (Å²) >= 11 is 5.74. The van der Waals surface area contributed by atoms with E-state index < -0.39 is 5.60 Å². The molecule has 3 heteroatoms. The fourth-order valence-electron chi connectivity index (χ4n) is 1.50. The number of hydrogen-bond acceptors (Lipinski definition) is 2. The molecule has 2 nitrogen and oxygen atoms in total. The molecule has 0 radical (unpaired) electrons. The molecule has 1 aliphatic carbocycles. The number of halogens is 1. The van der Waals surface area contributed by atoms with Crippen LogP contribution in [0.4, 0.5) is 0 Å². The number of rotatable bonds is 3. The molecule has 74 valence electrons. The van der Waals surface area contributed by atoms with Crippen LogP contribution in [-0.2, 0) is 4.74 Å². The minimum absolute atomic E-state index is 0.0664. The zero-order valence-corrected chi connectivity index (χ0v) is 8.67. The number of Topliss-reactive ketones (excluding diaryl/α,β-unsaturated/α-hetero) is 1. The third-order valence-electron chi connectivity index (χ3n) is 2.62. The van der Waals surface area contributed by atoms with Gasteiger partial charge in [-0.25, -0.2) is 0 Å². The first-order valence-electron chi connectivity index (χ1n) is 4.53. The summed E-state index contributed by atoms with van der Waals surface area (Å²) in [7, 11) is 1.58. The van der Waals surface area contributed by atoms with E-state index in [4.69, 9.17) is 16.3 Å². The lowest BCUT2D eigenvalue weighted by Crippen LogP contribution is -2.24. The van der Waals surface area contributed by atoms with Crippen molar-refractivity contribution in [2.45, 2.75) is 18.4 Å². The Hall–Kier alpha value is -0.860. The van der Waals surface area contributed by atoms with Crippen molar-refractivity contribution < 1.29 is 9.53 Å². The van der Waals surface area contributed by atoms with Gasteiger partial charge >= 0.3 is 0 Å². The van der Waals surface area contributed by atoms with Crippen LogP contribution in [0.25, 0.3) is 0 Å². The summed E-state index contributed by atoms with van der Waals surface area (Å²) in [5.74, 6) is 0.0664. The summed E-state index contributed by atoms with van der Waals surface area (Å²) in [5, 5.41) is 0.642. The minimum atomic E-state index is -0.534. The Morgan fingerprint density at radius 2 is 1.93 bits per heavy atom. The van der Waals surface area contributed by atoms with Crippen LogP contribution in [-0.4, -0.2) is 18.5 Å². The topological polar surface area (TPSA) is 26.3 Å². The summed E-state index contributed by atoms with van der Waals surface area (Å²) in [4.78, 5) is 11.9. The molecule has 2 rings (SSSR count). The monoisotopic (exact) mass is 210 g/mol. The molecule has 0 saturated heterocycles. The lowest BCUT2D eigenvalue weighted by Gasteiger charge is -2.11. The van der Waals surface area contributed by atoms with Gasteiger partial charge in [0.05, 0.1) is 0 Å². The van der Waals surface area contributed by atoms with Gasteiger partial charge in [0.25, 0.3) is 0 Å². The first-order valence-corrected chi connectivity index (χ1v) is 4.91. The Morgan fingerprint density at radius 1 is 1.36 bits per heavy atom. The number of hydrogen-bond donors (Lipinski definition) is 0. The molecule has 0 bridgehead atoms. The number of carbonyl (C=O) groups is 1. The SMILES string of the molecule is COC1(C(=O)c2ccc(Cl)cc2)CC1. The summed E-state index contributed by atoms with van der Waals surface area (Å²) in [5.41, 5.74) is 0.141. The summed E-state index contributed by atoms with van der Waals surface area (Å²) in [6, 6.07) is 6.93. The first kappa shape index (κ1) is 9.69. The second-order valence-electron chi connectivity index (χ2n) is 3.53. The largest absolute Gasteiger partial charge is 0.370 e. The molecule has 1 fully saturated rings. The maximum absolute atomic E-state index is 11.9. The maximum Gasteiger partial charge on any atom is 0.194 e. The fourth-order valence-corrected chi connectivity index (χ4v) is 1.63. The number of ether oxygens (including phenoxy) is 1. The van der Waals surface area contributed by atoms with E-state index in [1.54, 1.807) is 31.4 Å². The summed E-state index contributed by atoms with van der Waals surface area (Å²) in [6.45, 7) is 0. The smallest absolute Gasteiger partial charge is 0.194 e. The molecule has 0 amide bonds. The highest BCUT2D eigenvalue weighted by molar-refractivity contribution is 6.30. The highest BCUT2D eigenvalue weighted by atomic mass is 35.5. The van der Waals surface area contributed by atoms with Gasteiger partial charge in [0.2, 0.25) is 0 Å². The van der Waals surface area contributed by atoms with Crippen molar-refractivity contribution in [3.8, 4) is 0 Å². The number of benzene rings is 1. The Labute approximate surface area is 87.8 Å². The van der Waals surface area contributed by atoms with Crippen LogP contribution in [0.1, 0.15) is 23.2 Å². The van der Waals surface area contributed by atoms with E-state index in [2.05, 4.69) is 0 Å². The second-order valence-corrected chi connectivity index (χ2v) is 3.97. The van der Waals surface area contributed by atoms with Gasteiger partial charge < -0.3 is 4.74 Å². The number of ketones is 1. The van der Waals surface area contributed by atoms with Gasteiger partial charge in [-0.15, -0.1) is 0 Å². The van der Waals surface area contributed by atoms with Crippen LogP contribution in [0.2, 0.25) is 5.02 Å². The van der Waals surface area contributed by atoms with Gasteiger partial charge in [0, 0.05) is 17.7 Å². The molecule has 1 aromatic rings. The maximum atomic E-state index is 11.9. The van der Waals surface area contributed by atoms with Crippen molar-refractivity contribution in [3.63, 3.8) is 0 Å². The van der Waals surface area contributed by atoms with E-state index in [1.165, 1.54) is 0 Å². The van der Waals surface area contributed by atoms with Crippen LogP contribution >= 0.6 is 11.6 Å². The van der Waals surface area contributed by atoms with Gasteiger partial charge in [-0.2, -0.15) is 0 Å². The van der Waals surface area contributed by atoms with E-state index in [0.717, 1.165) is 12.8 Å². The lowest BCUT2D eigenvalue weighted by molar-refractivity contribution is 0.0515. The quantitative estimate of drug-likeness (QED) is 0.717. The van der Waals surface area contributed by atoms with Crippen LogP contribution < -0.4 is 0 Å². The molecule has 1 aliphatic rings. The van der Waals surface area contributed by atoms with E-state index in [0.29, 0.717) is 10.6 Å². The van der Waals surface area contributed by atoms with Crippen LogP contribution in [0.15, 0.2) is 24.3 Å². The molecule has 0 unspecified atom stereocenters. The standard InChI is InChI=1S/C11H11ClO2/c1-14-11(6-7-11)10(13)8-2-4-9(12)5-3-8/h2-5H,6-7H2,1H3. The Balaban J connectivity index is 2.23. The van der Waals surface area contributed by atoms with Gasteiger partial charge in [0.1, 0.15) is 5.60 Å². The van der Waals surface area contributed by atoms with E-state index in [-0.39, 0.29) is 5.78 Å². The van der Waals surface area contributed by atoms with Gasteiger partial charge in [-0.3, -0.25) is 4.79 Å². The highest BCUT2D eigenvalue weighted by Crippen LogP contribution is 2.41. The van der Waals surface area contributed by atoms with Gasteiger partial charge in [-0.1, -0.05) is 11.6 Å². The summed E-state index contributed by atoms with van der Waals surface area (Å²) < 4.78 is 5.21. The molecule has 0 aromatic heterocycles. The zero-order valence-electron chi connectivity index (χ0n) is 7.92. The normalized spacial score (nSPS) is 17.9. The third kappa shape index (κ3) is 1.56. The van der Waals surface area contributed by atoms with E-state index in [1.807, 2.05) is 0 Å². The molecule has 1 saturated carbocycles. The van der Waals surface area contributed by atoms with E-state index in [9.17, 15) is 4.79 Å². The minimum Gasteiger partial charge on any atom is -0.370 e. The van der Waals surface area contributed by atoms with Crippen LogP contribution in [0, 0.1) is 0 Å². The molecule has 1 aromatic carbocycles.